The molecule has 2 atom stereocenters. The fraction of sp³-hybridized carbons (Fsp3) is 0.312. The molecule has 0 aliphatic carbocycles. The van der Waals surface area contributed by atoms with E-state index >= 15 is 0 Å². The Hall–Kier alpha value is -2.45. The van der Waals surface area contributed by atoms with Crippen molar-refractivity contribution in [2.45, 2.75) is 25.5 Å². The van der Waals surface area contributed by atoms with Crippen molar-refractivity contribution in [3.63, 3.8) is 0 Å². The standard InChI is InChI=1S/C16H19N5O2S/c1-11(14-20-19-13-5-3-4-7-21(13)14)18-15(22)17-10-16(2,23)12-6-8-24-9-12/h3-9,11,23H,10H2,1-2H3,(H2,17,18,22)/t11-,16-/m0/s1. The van der Waals surface area contributed by atoms with Gasteiger partial charge in [0.15, 0.2) is 11.5 Å². The molecule has 0 radical (unpaired) electrons. The number of rotatable bonds is 5. The lowest BCUT2D eigenvalue weighted by molar-refractivity contribution is 0.0597. The predicted octanol–water partition coefficient (Wildman–Crippen LogP) is 2.06. The predicted molar refractivity (Wildman–Crippen MR) is 91.8 cm³/mol. The number of carbonyl (C=O) groups excluding carboxylic acids is 1. The summed E-state index contributed by atoms with van der Waals surface area (Å²) >= 11 is 1.50. The van der Waals surface area contributed by atoms with Crippen molar-refractivity contribution in [2.24, 2.45) is 0 Å². The molecule has 24 heavy (non-hydrogen) atoms. The molecule has 3 aromatic heterocycles. The SMILES string of the molecule is C[C@H](NC(=O)NC[C@](C)(O)c1ccsc1)c1nnc2ccccn12. The molecule has 0 unspecified atom stereocenters. The topological polar surface area (TPSA) is 91.5 Å². The van der Waals surface area contributed by atoms with Crippen LogP contribution in [0.25, 0.3) is 5.65 Å². The van der Waals surface area contributed by atoms with Gasteiger partial charge in [0, 0.05) is 6.20 Å². The van der Waals surface area contributed by atoms with Crippen LogP contribution in [-0.2, 0) is 5.60 Å². The van der Waals surface area contributed by atoms with Gasteiger partial charge in [0.05, 0.1) is 12.6 Å². The molecule has 8 heteroatoms. The van der Waals surface area contributed by atoms with Crippen LogP contribution in [0.1, 0.15) is 31.3 Å². The molecule has 0 saturated heterocycles. The minimum Gasteiger partial charge on any atom is -0.384 e. The van der Waals surface area contributed by atoms with E-state index in [0.717, 1.165) is 11.2 Å². The second-order valence-corrected chi connectivity index (χ2v) is 6.60. The fourth-order valence-electron chi connectivity index (χ4n) is 2.39. The van der Waals surface area contributed by atoms with Gasteiger partial charge in [0.1, 0.15) is 5.60 Å². The average Bonchev–Trinajstić information content (AvgIpc) is 3.22. The molecular weight excluding hydrogens is 326 g/mol. The zero-order valence-corrected chi connectivity index (χ0v) is 14.2. The summed E-state index contributed by atoms with van der Waals surface area (Å²) in [5.41, 5.74) is 0.397. The van der Waals surface area contributed by atoms with Crippen LogP contribution in [0.5, 0.6) is 0 Å². The highest BCUT2D eigenvalue weighted by atomic mass is 32.1. The van der Waals surface area contributed by atoms with E-state index < -0.39 is 5.60 Å². The largest absolute Gasteiger partial charge is 0.384 e. The Morgan fingerprint density at radius 1 is 1.42 bits per heavy atom. The van der Waals surface area contributed by atoms with E-state index in [9.17, 15) is 9.90 Å². The molecule has 0 fully saturated rings. The summed E-state index contributed by atoms with van der Waals surface area (Å²) in [7, 11) is 0. The molecule has 0 aromatic carbocycles. The number of amides is 2. The quantitative estimate of drug-likeness (QED) is 0.660. The highest BCUT2D eigenvalue weighted by Crippen LogP contribution is 2.22. The molecule has 0 saturated carbocycles. The number of aromatic nitrogens is 3. The molecule has 7 nitrogen and oxygen atoms in total. The Morgan fingerprint density at radius 2 is 2.25 bits per heavy atom. The summed E-state index contributed by atoms with van der Waals surface area (Å²) in [6, 6.07) is 6.76. The fourth-order valence-corrected chi connectivity index (χ4v) is 3.18. The van der Waals surface area contributed by atoms with Crippen molar-refractivity contribution in [3.05, 3.63) is 52.6 Å². The van der Waals surface area contributed by atoms with Crippen molar-refractivity contribution >= 4 is 23.0 Å². The number of aliphatic hydroxyl groups is 1. The molecular formula is C16H19N5O2S. The third kappa shape index (κ3) is 3.39. The number of urea groups is 1. The van der Waals surface area contributed by atoms with Crippen LogP contribution in [0, 0.1) is 0 Å². The van der Waals surface area contributed by atoms with Crippen molar-refractivity contribution in [3.8, 4) is 0 Å². The molecule has 0 bridgehead atoms. The van der Waals surface area contributed by atoms with Gasteiger partial charge in [0.25, 0.3) is 0 Å². The molecule has 126 valence electrons. The Kier molecular flexibility index (Phi) is 4.50. The average molecular weight is 345 g/mol. The molecule has 3 rings (SSSR count). The second kappa shape index (κ2) is 6.58. The van der Waals surface area contributed by atoms with Crippen LogP contribution >= 0.6 is 11.3 Å². The van der Waals surface area contributed by atoms with Gasteiger partial charge in [-0.25, -0.2) is 4.79 Å². The monoisotopic (exact) mass is 345 g/mol. The highest BCUT2D eigenvalue weighted by Gasteiger charge is 2.24. The lowest BCUT2D eigenvalue weighted by atomic mass is 9.99. The molecule has 0 aliphatic heterocycles. The van der Waals surface area contributed by atoms with Crippen molar-refractivity contribution < 1.29 is 9.90 Å². The summed E-state index contributed by atoms with van der Waals surface area (Å²) in [6.07, 6.45) is 1.85. The molecule has 0 spiro atoms. The summed E-state index contributed by atoms with van der Waals surface area (Å²) in [6.45, 7) is 3.62. The van der Waals surface area contributed by atoms with Gasteiger partial charge in [0.2, 0.25) is 0 Å². The molecule has 3 heterocycles. The first-order chi connectivity index (χ1) is 11.5. The van der Waals surface area contributed by atoms with E-state index in [4.69, 9.17) is 0 Å². The summed E-state index contributed by atoms with van der Waals surface area (Å²) in [4.78, 5) is 12.1. The Balaban J connectivity index is 1.60. The Bertz CT molecular complexity index is 828. The van der Waals surface area contributed by atoms with Gasteiger partial charge in [-0.3, -0.25) is 4.40 Å². The minimum atomic E-state index is -1.11. The molecule has 2 amide bonds. The van der Waals surface area contributed by atoms with Crippen LogP contribution in [-0.4, -0.2) is 32.3 Å². The van der Waals surface area contributed by atoms with Crippen molar-refractivity contribution in [2.75, 3.05) is 6.54 Å². The van der Waals surface area contributed by atoms with Crippen LogP contribution in [0.15, 0.2) is 41.2 Å². The number of hydrogen-bond acceptors (Lipinski definition) is 5. The highest BCUT2D eigenvalue weighted by molar-refractivity contribution is 7.08. The zero-order valence-electron chi connectivity index (χ0n) is 13.4. The van der Waals surface area contributed by atoms with Gasteiger partial charge in [-0.2, -0.15) is 11.3 Å². The lowest BCUT2D eigenvalue weighted by Crippen LogP contribution is -2.44. The molecule has 3 aromatic rings. The van der Waals surface area contributed by atoms with E-state index in [0.29, 0.717) is 5.82 Å². The number of hydrogen-bond donors (Lipinski definition) is 3. The minimum absolute atomic E-state index is 0.114. The normalized spacial score (nSPS) is 15.0. The number of nitrogens with zero attached hydrogens (tertiary/aromatic N) is 3. The van der Waals surface area contributed by atoms with E-state index in [1.54, 1.807) is 6.92 Å². The van der Waals surface area contributed by atoms with Crippen molar-refractivity contribution in [1.29, 1.82) is 0 Å². The third-order valence-electron chi connectivity index (χ3n) is 3.81. The Labute approximate surface area is 143 Å². The zero-order chi connectivity index (χ0) is 17.2. The number of nitrogens with one attached hydrogen (secondary N) is 2. The number of fused-ring (bicyclic) bond motifs is 1. The van der Waals surface area contributed by atoms with Gasteiger partial charge in [-0.05, 0) is 48.4 Å². The Morgan fingerprint density at radius 3 is 3.00 bits per heavy atom. The summed E-state index contributed by atoms with van der Waals surface area (Å²) in [5.74, 6) is 0.644. The second-order valence-electron chi connectivity index (χ2n) is 5.82. The maximum absolute atomic E-state index is 12.1. The maximum Gasteiger partial charge on any atom is 0.315 e. The van der Waals surface area contributed by atoms with Gasteiger partial charge < -0.3 is 15.7 Å². The van der Waals surface area contributed by atoms with E-state index in [2.05, 4.69) is 20.8 Å². The first-order valence-corrected chi connectivity index (χ1v) is 8.51. The van der Waals surface area contributed by atoms with E-state index in [-0.39, 0.29) is 18.6 Å². The van der Waals surface area contributed by atoms with Crippen LogP contribution < -0.4 is 10.6 Å². The lowest BCUT2D eigenvalue weighted by Gasteiger charge is -2.23. The van der Waals surface area contributed by atoms with Gasteiger partial charge in [-0.15, -0.1) is 10.2 Å². The van der Waals surface area contributed by atoms with E-state index in [1.165, 1.54) is 11.3 Å². The number of carbonyl (C=O) groups is 1. The number of pyridine rings is 1. The summed E-state index contributed by atoms with van der Waals surface area (Å²) in [5, 5.41) is 27.9. The van der Waals surface area contributed by atoms with Crippen molar-refractivity contribution in [1.82, 2.24) is 25.2 Å². The number of thiophene rings is 1. The van der Waals surface area contributed by atoms with Gasteiger partial charge >= 0.3 is 6.03 Å². The van der Waals surface area contributed by atoms with E-state index in [1.807, 2.05) is 52.5 Å². The van der Waals surface area contributed by atoms with Gasteiger partial charge in [-0.1, -0.05) is 6.07 Å². The van der Waals surface area contributed by atoms with Crippen LogP contribution in [0.4, 0.5) is 4.79 Å². The third-order valence-corrected chi connectivity index (χ3v) is 4.49. The molecule has 3 N–H and O–H groups in total. The smallest absolute Gasteiger partial charge is 0.315 e. The van der Waals surface area contributed by atoms with Crippen LogP contribution in [0.2, 0.25) is 0 Å². The summed E-state index contributed by atoms with van der Waals surface area (Å²) < 4.78 is 1.83. The first kappa shape index (κ1) is 16.4. The van der Waals surface area contributed by atoms with Crippen LogP contribution in [0.3, 0.4) is 0 Å². The maximum atomic E-state index is 12.1. The first-order valence-electron chi connectivity index (χ1n) is 7.56. The molecule has 0 aliphatic rings.